The Labute approximate surface area is 182 Å². The molecule has 29 heavy (non-hydrogen) atoms. The second kappa shape index (κ2) is 9.77. The Bertz CT molecular complexity index is 847. The molecule has 0 saturated carbocycles. The molecule has 2 heterocycles. The minimum atomic E-state index is -0.130. The highest BCUT2D eigenvalue weighted by molar-refractivity contribution is 7.10. The molecule has 0 radical (unpaired) electrons. The number of halogens is 1. The van der Waals surface area contributed by atoms with Gasteiger partial charge in [0.25, 0.3) is 0 Å². The van der Waals surface area contributed by atoms with Gasteiger partial charge >= 0.3 is 0 Å². The number of carbonyl (C=O) groups is 2. The van der Waals surface area contributed by atoms with E-state index in [1.165, 1.54) is 10.4 Å². The number of carbonyl (C=O) groups excluding carboxylic acids is 2. The molecule has 0 spiro atoms. The minimum absolute atomic E-state index is 0.000323. The van der Waals surface area contributed by atoms with Crippen molar-refractivity contribution in [1.29, 1.82) is 0 Å². The highest BCUT2D eigenvalue weighted by Gasteiger charge is 2.34. The Hall–Kier alpha value is -1.85. The van der Waals surface area contributed by atoms with Gasteiger partial charge in [-0.1, -0.05) is 37.1 Å². The summed E-state index contributed by atoms with van der Waals surface area (Å²) in [6.45, 7) is 6.81. The number of hydrogen-bond donors (Lipinski definition) is 0. The number of rotatable bonds is 7. The molecule has 0 aliphatic carbocycles. The van der Waals surface area contributed by atoms with Gasteiger partial charge in [0.1, 0.15) is 6.54 Å². The number of thiophene rings is 1. The van der Waals surface area contributed by atoms with Crippen LogP contribution in [0.1, 0.15) is 62.1 Å². The largest absolute Gasteiger partial charge is 0.331 e. The van der Waals surface area contributed by atoms with E-state index < -0.39 is 0 Å². The highest BCUT2D eigenvalue weighted by atomic mass is 35.5. The lowest BCUT2D eigenvalue weighted by molar-refractivity contribution is -0.143. The van der Waals surface area contributed by atoms with E-state index in [1.807, 2.05) is 43.0 Å². The van der Waals surface area contributed by atoms with Crippen molar-refractivity contribution < 1.29 is 9.59 Å². The predicted molar refractivity (Wildman–Crippen MR) is 119 cm³/mol. The Morgan fingerprint density at radius 3 is 2.62 bits per heavy atom. The van der Waals surface area contributed by atoms with Crippen LogP contribution in [0, 0.1) is 0 Å². The summed E-state index contributed by atoms with van der Waals surface area (Å²) >= 11 is 7.83. The molecule has 4 nitrogen and oxygen atoms in total. The zero-order valence-electron chi connectivity index (χ0n) is 17.4. The van der Waals surface area contributed by atoms with Gasteiger partial charge < -0.3 is 9.80 Å². The number of benzene rings is 1. The van der Waals surface area contributed by atoms with Crippen molar-refractivity contribution in [1.82, 2.24) is 9.80 Å². The summed E-state index contributed by atoms with van der Waals surface area (Å²) < 4.78 is 0. The fourth-order valence-electron chi connectivity index (χ4n) is 3.86. The lowest BCUT2D eigenvalue weighted by Gasteiger charge is -2.38. The lowest BCUT2D eigenvalue weighted by atomic mass is 9.93. The second-order valence-electron chi connectivity index (χ2n) is 7.81. The zero-order valence-corrected chi connectivity index (χ0v) is 18.9. The van der Waals surface area contributed by atoms with Crippen molar-refractivity contribution in [3.8, 4) is 0 Å². The second-order valence-corrected chi connectivity index (χ2v) is 9.25. The summed E-state index contributed by atoms with van der Waals surface area (Å²) in [6, 6.07) is 9.71. The van der Waals surface area contributed by atoms with E-state index in [9.17, 15) is 9.59 Å². The SMILES string of the molecule is CCCCC(=O)N(CC(=O)N1CCc2sccc2[C@@H]1c1ccc(Cl)cc1)C(C)C. The molecule has 1 aromatic carbocycles. The monoisotopic (exact) mass is 432 g/mol. The fourth-order valence-corrected chi connectivity index (χ4v) is 4.89. The third kappa shape index (κ3) is 5.01. The van der Waals surface area contributed by atoms with E-state index in [4.69, 9.17) is 11.6 Å². The average Bonchev–Trinajstić information content (AvgIpc) is 3.18. The van der Waals surface area contributed by atoms with Crippen molar-refractivity contribution in [2.24, 2.45) is 0 Å². The molecular formula is C23H29ClN2O2S. The van der Waals surface area contributed by atoms with E-state index in [1.54, 1.807) is 16.2 Å². The average molecular weight is 433 g/mol. The molecule has 3 rings (SSSR count). The normalized spacial score (nSPS) is 16.0. The Kier molecular flexibility index (Phi) is 7.36. The van der Waals surface area contributed by atoms with Crippen LogP contribution in [-0.2, 0) is 16.0 Å². The smallest absolute Gasteiger partial charge is 0.243 e. The van der Waals surface area contributed by atoms with Crippen LogP contribution in [0.5, 0.6) is 0 Å². The molecule has 0 unspecified atom stereocenters. The standard InChI is InChI=1S/C23H29ClN2O2S/c1-4-5-6-21(27)26(16(2)3)15-22(28)25-13-11-20-19(12-14-29-20)23(25)17-7-9-18(24)10-8-17/h7-10,12,14,16,23H,4-6,11,13,15H2,1-3H3/t23-/m0/s1. The fraction of sp³-hybridized carbons (Fsp3) is 0.478. The third-order valence-electron chi connectivity index (χ3n) is 5.47. The van der Waals surface area contributed by atoms with E-state index in [2.05, 4.69) is 18.4 Å². The van der Waals surface area contributed by atoms with Crippen LogP contribution in [0.3, 0.4) is 0 Å². The van der Waals surface area contributed by atoms with Gasteiger partial charge in [0, 0.05) is 28.9 Å². The van der Waals surface area contributed by atoms with Crippen molar-refractivity contribution in [3.63, 3.8) is 0 Å². The predicted octanol–water partition coefficient (Wildman–Crippen LogP) is 5.30. The van der Waals surface area contributed by atoms with Gasteiger partial charge in [-0.15, -0.1) is 11.3 Å². The topological polar surface area (TPSA) is 40.6 Å². The van der Waals surface area contributed by atoms with Gasteiger partial charge in [0.05, 0.1) is 6.04 Å². The Balaban J connectivity index is 1.85. The van der Waals surface area contributed by atoms with E-state index >= 15 is 0 Å². The van der Waals surface area contributed by atoms with Crippen LogP contribution in [-0.4, -0.2) is 40.7 Å². The molecule has 6 heteroatoms. The molecule has 1 aliphatic heterocycles. The summed E-state index contributed by atoms with van der Waals surface area (Å²) in [5, 5.41) is 2.77. The number of nitrogens with zero attached hydrogens (tertiary/aromatic N) is 2. The first kappa shape index (κ1) is 21.8. The van der Waals surface area contributed by atoms with Crippen LogP contribution in [0.15, 0.2) is 35.7 Å². The first-order valence-corrected chi connectivity index (χ1v) is 11.6. The van der Waals surface area contributed by atoms with Gasteiger partial charge in [-0.2, -0.15) is 0 Å². The molecule has 0 saturated heterocycles. The van der Waals surface area contributed by atoms with Crippen LogP contribution in [0.2, 0.25) is 5.02 Å². The first-order valence-electron chi connectivity index (χ1n) is 10.3. The summed E-state index contributed by atoms with van der Waals surface area (Å²) in [6.07, 6.45) is 3.18. The Morgan fingerprint density at radius 2 is 1.97 bits per heavy atom. The van der Waals surface area contributed by atoms with Gasteiger partial charge in [-0.3, -0.25) is 9.59 Å². The van der Waals surface area contributed by atoms with Crippen LogP contribution < -0.4 is 0 Å². The molecule has 156 valence electrons. The van der Waals surface area contributed by atoms with Crippen LogP contribution in [0.25, 0.3) is 0 Å². The third-order valence-corrected chi connectivity index (χ3v) is 6.71. The molecule has 1 aliphatic rings. The van der Waals surface area contributed by atoms with E-state index in [-0.39, 0.29) is 30.4 Å². The molecule has 2 amide bonds. The van der Waals surface area contributed by atoms with E-state index in [0.29, 0.717) is 18.0 Å². The molecule has 1 atom stereocenters. The summed E-state index contributed by atoms with van der Waals surface area (Å²) in [5.41, 5.74) is 2.24. The zero-order chi connectivity index (χ0) is 21.0. The highest BCUT2D eigenvalue weighted by Crippen LogP contribution is 2.38. The van der Waals surface area contributed by atoms with Gasteiger partial charge in [-0.05, 0) is 61.4 Å². The summed E-state index contributed by atoms with van der Waals surface area (Å²) in [4.78, 5) is 31.0. The van der Waals surface area contributed by atoms with Gasteiger partial charge in [0.2, 0.25) is 11.8 Å². The minimum Gasteiger partial charge on any atom is -0.331 e. The van der Waals surface area contributed by atoms with E-state index in [0.717, 1.165) is 24.8 Å². The molecule has 2 aromatic rings. The molecule has 0 N–H and O–H groups in total. The first-order chi connectivity index (χ1) is 13.9. The Morgan fingerprint density at radius 1 is 1.24 bits per heavy atom. The number of unbranched alkanes of at least 4 members (excludes halogenated alkanes) is 1. The summed E-state index contributed by atoms with van der Waals surface area (Å²) in [7, 11) is 0. The number of amides is 2. The maximum Gasteiger partial charge on any atom is 0.243 e. The van der Waals surface area contributed by atoms with Crippen LogP contribution >= 0.6 is 22.9 Å². The summed E-state index contributed by atoms with van der Waals surface area (Å²) in [5.74, 6) is 0.0619. The van der Waals surface area contributed by atoms with Crippen LogP contribution in [0.4, 0.5) is 0 Å². The molecule has 1 aromatic heterocycles. The van der Waals surface area contributed by atoms with Crippen molar-refractivity contribution in [3.05, 3.63) is 56.7 Å². The molecule has 0 fully saturated rings. The van der Waals surface area contributed by atoms with Gasteiger partial charge in [-0.25, -0.2) is 0 Å². The van der Waals surface area contributed by atoms with Crippen molar-refractivity contribution in [2.45, 2.75) is 58.5 Å². The maximum absolute atomic E-state index is 13.4. The number of hydrogen-bond acceptors (Lipinski definition) is 3. The quantitative estimate of drug-likeness (QED) is 0.595. The molecule has 0 bridgehead atoms. The number of fused-ring (bicyclic) bond motifs is 1. The molecular weight excluding hydrogens is 404 g/mol. The lowest BCUT2D eigenvalue weighted by Crippen LogP contribution is -2.48. The van der Waals surface area contributed by atoms with Crippen molar-refractivity contribution >= 4 is 34.8 Å². The maximum atomic E-state index is 13.4. The van der Waals surface area contributed by atoms with Gasteiger partial charge in [0.15, 0.2) is 0 Å². The van der Waals surface area contributed by atoms with Crippen molar-refractivity contribution in [2.75, 3.05) is 13.1 Å².